The highest BCUT2D eigenvalue weighted by Crippen LogP contribution is 2.42. The van der Waals surface area contributed by atoms with Gasteiger partial charge in [0.2, 0.25) is 0 Å². The number of amides is 2. The molecule has 0 spiro atoms. The SMILES string of the molecule is O=C1NC(=O)c2ccc3c4cccc5cccc(c6ccc1c2c63)c54.O=CO. The molecule has 0 saturated heterocycles. The molecule has 0 fully saturated rings. The summed E-state index contributed by atoms with van der Waals surface area (Å²) in [5.41, 5.74) is 1.14. The van der Waals surface area contributed by atoms with E-state index in [0.29, 0.717) is 11.1 Å². The van der Waals surface area contributed by atoms with Crippen LogP contribution in [0.3, 0.4) is 0 Å². The third-order valence-electron chi connectivity index (χ3n) is 5.36. The summed E-state index contributed by atoms with van der Waals surface area (Å²) in [6, 6.07) is 20.3. The number of hydrogen-bond donors (Lipinski definition) is 2. The van der Waals surface area contributed by atoms with Gasteiger partial charge in [-0.25, -0.2) is 0 Å². The minimum atomic E-state index is -0.321. The van der Waals surface area contributed by atoms with Gasteiger partial charge in [-0.15, -0.1) is 0 Å². The lowest BCUT2D eigenvalue weighted by atomic mass is 9.85. The monoisotopic (exact) mass is 367 g/mol. The summed E-state index contributed by atoms with van der Waals surface area (Å²) in [7, 11) is 0. The molecule has 5 heteroatoms. The fourth-order valence-electron chi connectivity index (χ4n) is 4.35. The summed E-state index contributed by atoms with van der Waals surface area (Å²) in [6.45, 7) is -0.250. The Balaban J connectivity index is 0.000000538. The molecule has 0 saturated carbocycles. The van der Waals surface area contributed by atoms with Gasteiger partial charge >= 0.3 is 0 Å². The number of carboxylic acid groups (broad SMARTS) is 1. The predicted octanol–water partition coefficient (Wildman–Crippen LogP) is 4.32. The van der Waals surface area contributed by atoms with Crippen LogP contribution < -0.4 is 5.32 Å². The smallest absolute Gasteiger partial charge is 0.290 e. The minimum Gasteiger partial charge on any atom is -0.483 e. The average Bonchev–Trinajstić information content (AvgIpc) is 2.71. The first-order chi connectivity index (χ1) is 13.7. The van der Waals surface area contributed by atoms with Crippen molar-refractivity contribution in [1.82, 2.24) is 5.32 Å². The van der Waals surface area contributed by atoms with Crippen molar-refractivity contribution in [3.05, 3.63) is 71.8 Å². The van der Waals surface area contributed by atoms with Gasteiger partial charge in [-0.3, -0.25) is 19.7 Å². The Morgan fingerprint density at radius 1 is 0.643 bits per heavy atom. The Labute approximate surface area is 158 Å². The summed E-state index contributed by atoms with van der Waals surface area (Å²) >= 11 is 0. The van der Waals surface area contributed by atoms with Gasteiger partial charge in [-0.05, 0) is 49.8 Å². The van der Waals surface area contributed by atoms with E-state index in [9.17, 15) is 9.59 Å². The Morgan fingerprint density at radius 2 is 1.11 bits per heavy atom. The van der Waals surface area contributed by atoms with Crippen molar-refractivity contribution in [2.45, 2.75) is 0 Å². The highest BCUT2D eigenvalue weighted by Gasteiger charge is 2.27. The van der Waals surface area contributed by atoms with Gasteiger partial charge < -0.3 is 5.11 Å². The molecule has 0 bridgehead atoms. The number of benzene rings is 5. The van der Waals surface area contributed by atoms with Crippen LogP contribution >= 0.6 is 0 Å². The van der Waals surface area contributed by atoms with Crippen LogP contribution in [-0.4, -0.2) is 23.4 Å². The fraction of sp³-hybridized carbons (Fsp3) is 0. The lowest BCUT2D eigenvalue weighted by Crippen LogP contribution is -2.34. The van der Waals surface area contributed by atoms with E-state index in [2.05, 4.69) is 41.7 Å². The van der Waals surface area contributed by atoms with Crippen molar-refractivity contribution in [2.75, 3.05) is 0 Å². The van der Waals surface area contributed by atoms with E-state index in [1.165, 1.54) is 10.8 Å². The number of fused-ring (bicyclic) bond motifs is 2. The molecular weight excluding hydrogens is 354 g/mol. The Kier molecular flexibility index (Phi) is 3.33. The van der Waals surface area contributed by atoms with Gasteiger partial charge in [-0.1, -0.05) is 48.5 Å². The first-order valence-electron chi connectivity index (χ1n) is 8.71. The van der Waals surface area contributed by atoms with Crippen LogP contribution in [-0.2, 0) is 4.79 Å². The van der Waals surface area contributed by atoms with E-state index in [1.807, 2.05) is 24.3 Å². The second kappa shape index (κ2) is 5.76. The maximum atomic E-state index is 12.3. The maximum absolute atomic E-state index is 12.3. The van der Waals surface area contributed by atoms with Gasteiger partial charge in [0, 0.05) is 16.5 Å². The number of hydrogen-bond acceptors (Lipinski definition) is 3. The van der Waals surface area contributed by atoms with Crippen LogP contribution in [0.15, 0.2) is 60.7 Å². The standard InChI is InChI=1S/C22H11NO2.CH2O2/c24-21-16-9-7-14-12-5-1-3-11-4-2-6-13(18(11)12)15-8-10-17(22(25)23-21)20(16)19(14)15;2-1-3/h1-10H,(H,23,24,25);1H,(H,2,3). The van der Waals surface area contributed by atoms with Crippen molar-refractivity contribution >= 4 is 61.4 Å². The zero-order chi connectivity index (χ0) is 19.4. The molecule has 0 aliphatic carbocycles. The lowest BCUT2D eigenvalue weighted by molar-refractivity contribution is -0.122. The summed E-state index contributed by atoms with van der Waals surface area (Å²) in [4.78, 5) is 33.0. The second-order valence-corrected chi connectivity index (χ2v) is 6.67. The molecule has 2 N–H and O–H groups in total. The number of nitrogens with one attached hydrogen (secondary N) is 1. The molecular formula is C23H13NO4. The van der Waals surface area contributed by atoms with Crippen LogP contribution in [0.2, 0.25) is 0 Å². The molecule has 0 radical (unpaired) electrons. The van der Waals surface area contributed by atoms with Crippen LogP contribution in [0.5, 0.6) is 0 Å². The number of carbonyl (C=O) groups is 3. The van der Waals surface area contributed by atoms with Gasteiger partial charge in [0.1, 0.15) is 0 Å². The minimum absolute atomic E-state index is 0.250. The molecule has 1 aliphatic rings. The molecule has 0 unspecified atom stereocenters. The molecule has 5 aromatic rings. The summed E-state index contributed by atoms with van der Waals surface area (Å²) in [6.07, 6.45) is 0. The maximum Gasteiger partial charge on any atom is 0.290 e. The molecule has 2 amide bonds. The van der Waals surface area contributed by atoms with Crippen molar-refractivity contribution < 1.29 is 19.5 Å². The average molecular weight is 367 g/mol. The Hall–Kier alpha value is -3.99. The van der Waals surface area contributed by atoms with Gasteiger partial charge in [0.25, 0.3) is 18.3 Å². The molecule has 1 heterocycles. The van der Waals surface area contributed by atoms with E-state index < -0.39 is 0 Å². The van der Waals surface area contributed by atoms with Gasteiger partial charge in [0.05, 0.1) is 0 Å². The molecule has 0 atom stereocenters. The third-order valence-corrected chi connectivity index (χ3v) is 5.36. The highest BCUT2D eigenvalue weighted by atomic mass is 16.3. The quantitative estimate of drug-likeness (QED) is 0.185. The molecule has 6 rings (SSSR count). The largest absolute Gasteiger partial charge is 0.483 e. The Morgan fingerprint density at radius 3 is 1.61 bits per heavy atom. The van der Waals surface area contributed by atoms with Crippen molar-refractivity contribution in [3.63, 3.8) is 0 Å². The predicted molar refractivity (Wildman–Crippen MR) is 108 cm³/mol. The van der Waals surface area contributed by atoms with Crippen LogP contribution in [0.25, 0.3) is 43.1 Å². The number of rotatable bonds is 0. The summed E-state index contributed by atoms with van der Waals surface area (Å²) in [5.74, 6) is -0.642. The van der Waals surface area contributed by atoms with E-state index in [4.69, 9.17) is 9.90 Å². The normalized spacial score (nSPS) is 13.0. The lowest BCUT2D eigenvalue weighted by Gasteiger charge is -2.21. The fourth-order valence-corrected chi connectivity index (χ4v) is 4.35. The molecule has 1 aliphatic heterocycles. The molecule has 5 aromatic carbocycles. The van der Waals surface area contributed by atoms with Gasteiger partial charge in [-0.2, -0.15) is 0 Å². The van der Waals surface area contributed by atoms with Crippen molar-refractivity contribution in [1.29, 1.82) is 0 Å². The molecule has 134 valence electrons. The van der Waals surface area contributed by atoms with Crippen LogP contribution in [0, 0.1) is 0 Å². The van der Waals surface area contributed by atoms with Crippen molar-refractivity contribution in [3.8, 4) is 0 Å². The third kappa shape index (κ3) is 1.98. The summed E-state index contributed by atoms with van der Waals surface area (Å²) < 4.78 is 0. The van der Waals surface area contributed by atoms with Gasteiger partial charge in [0.15, 0.2) is 0 Å². The molecule has 5 nitrogen and oxygen atoms in total. The second-order valence-electron chi connectivity index (χ2n) is 6.67. The molecule has 0 aromatic heterocycles. The first kappa shape index (κ1) is 16.2. The first-order valence-corrected chi connectivity index (χ1v) is 8.71. The van der Waals surface area contributed by atoms with E-state index in [-0.39, 0.29) is 18.3 Å². The topological polar surface area (TPSA) is 83.5 Å². The summed E-state index contributed by atoms with van der Waals surface area (Å²) in [5, 5.41) is 18.0. The Bertz CT molecular complexity index is 1350. The number of carbonyl (C=O) groups excluding carboxylic acids is 2. The van der Waals surface area contributed by atoms with E-state index in [1.54, 1.807) is 0 Å². The van der Waals surface area contributed by atoms with Crippen LogP contribution in [0.1, 0.15) is 20.7 Å². The molecule has 28 heavy (non-hydrogen) atoms. The van der Waals surface area contributed by atoms with Crippen molar-refractivity contribution in [2.24, 2.45) is 0 Å². The van der Waals surface area contributed by atoms with Crippen LogP contribution in [0.4, 0.5) is 0 Å². The van der Waals surface area contributed by atoms with E-state index in [0.717, 1.165) is 32.3 Å². The zero-order valence-corrected chi connectivity index (χ0v) is 14.5. The highest BCUT2D eigenvalue weighted by molar-refractivity contribution is 6.38. The number of imide groups is 1. The zero-order valence-electron chi connectivity index (χ0n) is 14.5. The van der Waals surface area contributed by atoms with E-state index >= 15 is 0 Å².